The number of carbonyl (C=O) groups excluding carboxylic acids is 2. The Morgan fingerprint density at radius 2 is 1.84 bits per heavy atom. The Morgan fingerprint density at radius 3 is 2.48 bits per heavy atom. The maximum absolute atomic E-state index is 12.1. The van der Waals surface area contributed by atoms with Gasteiger partial charge in [-0.15, -0.1) is 0 Å². The summed E-state index contributed by atoms with van der Waals surface area (Å²) in [5.41, 5.74) is -0.0632. The third-order valence-corrected chi connectivity index (χ3v) is 9.02. The van der Waals surface area contributed by atoms with Gasteiger partial charge in [0.15, 0.2) is 0 Å². The predicted octanol–water partition coefficient (Wildman–Crippen LogP) is 4.16. The highest BCUT2D eigenvalue weighted by Crippen LogP contribution is 2.73. The SMILES string of the molecule is CC(=O)O[C@H]1O[C@@H](c2ccoc2)C[C@@]12[C@H](C)[C@H](OC(C)=O)C[C@]1(C)[C@@H]2CC[C@H]2O[C@]21C. The summed E-state index contributed by atoms with van der Waals surface area (Å²) in [7, 11) is 0. The second kappa shape index (κ2) is 6.82. The van der Waals surface area contributed by atoms with Crippen molar-refractivity contribution in [2.45, 2.75) is 90.5 Å². The van der Waals surface area contributed by atoms with E-state index in [2.05, 4.69) is 20.8 Å². The molecule has 1 aromatic heterocycles. The van der Waals surface area contributed by atoms with Crippen molar-refractivity contribution in [3.05, 3.63) is 24.2 Å². The molecule has 0 bridgehead atoms. The lowest BCUT2D eigenvalue weighted by atomic mass is 9.43. The van der Waals surface area contributed by atoms with E-state index >= 15 is 0 Å². The first-order valence-corrected chi connectivity index (χ1v) is 11.3. The van der Waals surface area contributed by atoms with Crippen LogP contribution in [0.25, 0.3) is 0 Å². The Morgan fingerprint density at radius 1 is 1.10 bits per heavy atom. The number of hydrogen-bond donors (Lipinski definition) is 0. The molecule has 7 heteroatoms. The van der Waals surface area contributed by atoms with Crippen LogP contribution in [0.5, 0.6) is 0 Å². The lowest BCUT2D eigenvalue weighted by Crippen LogP contribution is -2.64. The summed E-state index contributed by atoms with van der Waals surface area (Å²) in [6.07, 6.45) is 5.62. The van der Waals surface area contributed by atoms with E-state index in [1.807, 2.05) is 6.07 Å². The topological polar surface area (TPSA) is 87.5 Å². The average Bonchev–Trinajstić information content (AvgIpc) is 3.05. The van der Waals surface area contributed by atoms with E-state index in [1.54, 1.807) is 12.5 Å². The lowest BCUT2D eigenvalue weighted by molar-refractivity contribution is -0.249. The highest BCUT2D eigenvalue weighted by molar-refractivity contribution is 5.66. The molecule has 0 unspecified atom stereocenters. The first-order valence-electron chi connectivity index (χ1n) is 11.3. The van der Waals surface area contributed by atoms with Crippen LogP contribution in [-0.4, -0.2) is 36.0 Å². The van der Waals surface area contributed by atoms with Crippen molar-refractivity contribution in [1.29, 1.82) is 0 Å². The van der Waals surface area contributed by atoms with Gasteiger partial charge in [0.25, 0.3) is 0 Å². The zero-order valence-electron chi connectivity index (χ0n) is 18.9. The number of epoxide rings is 1. The molecule has 2 aliphatic carbocycles. The van der Waals surface area contributed by atoms with Crippen LogP contribution in [0.3, 0.4) is 0 Å². The van der Waals surface area contributed by atoms with E-state index in [0.29, 0.717) is 6.42 Å². The molecule has 0 amide bonds. The van der Waals surface area contributed by atoms with Gasteiger partial charge < -0.3 is 23.4 Å². The molecule has 4 fully saturated rings. The van der Waals surface area contributed by atoms with Crippen LogP contribution in [0, 0.1) is 22.7 Å². The second-order valence-corrected chi connectivity index (χ2v) is 10.3. The number of fused-ring (bicyclic) bond motifs is 4. The van der Waals surface area contributed by atoms with Crippen LogP contribution in [0.2, 0.25) is 0 Å². The highest BCUT2D eigenvalue weighted by atomic mass is 16.7. The minimum Gasteiger partial charge on any atom is -0.472 e. The highest BCUT2D eigenvalue weighted by Gasteiger charge is 2.77. The van der Waals surface area contributed by atoms with E-state index in [-0.39, 0.29) is 53.1 Å². The summed E-state index contributed by atoms with van der Waals surface area (Å²) in [5, 5.41) is 0. The molecule has 4 aliphatic rings. The average molecular weight is 433 g/mol. The summed E-state index contributed by atoms with van der Waals surface area (Å²) in [4.78, 5) is 24.2. The van der Waals surface area contributed by atoms with Crippen molar-refractivity contribution >= 4 is 11.9 Å². The molecule has 0 aromatic carbocycles. The molecule has 2 saturated carbocycles. The van der Waals surface area contributed by atoms with Gasteiger partial charge >= 0.3 is 11.9 Å². The molecule has 5 rings (SSSR count). The molecular weight excluding hydrogens is 400 g/mol. The van der Waals surface area contributed by atoms with Crippen LogP contribution in [-0.2, 0) is 28.5 Å². The van der Waals surface area contributed by atoms with Crippen molar-refractivity contribution in [2.75, 3.05) is 0 Å². The van der Waals surface area contributed by atoms with Gasteiger partial charge in [0.1, 0.15) is 6.10 Å². The Bertz CT molecular complexity index is 880. The molecule has 2 saturated heterocycles. The summed E-state index contributed by atoms with van der Waals surface area (Å²) in [5.74, 6) is -0.512. The smallest absolute Gasteiger partial charge is 0.304 e. The minimum absolute atomic E-state index is 0.0466. The monoisotopic (exact) mass is 432 g/mol. The van der Waals surface area contributed by atoms with Crippen LogP contribution < -0.4 is 0 Å². The van der Waals surface area contributed by atoms with E-state index in [1.165, 1.54) is 13.8 Å². The minimum atomic E-state index is -0.721. The summed E-state index contributed by atoms with van der Waals surface area (Å²) < 4.78 is 29.7. The molecule has 1 spiro atoms. The fraction of sp³-hybridized carbons (Fsp3) is 0.750. The maximum Gasteiger partial charge on any atom is 0.304 e. The van der Waals surface area contributed by atoms with E-state index < -0.39 is 11.7 Å². The first kappa shape index (κ1) is 21.0. The van der Waals surface area contributed by atoms with Gasteiger partial charge in [-0.05, 0) is 44.6 Å². The maximum atomic E-state index is 12.1. The largest absolute Gasteiger partial charge is 0.472 e. The summed E-state index contributed by atoms with van der Waals surface area (Å²) in [6.45, 7) is 9.43. The van der Waals surface area contributed by atoms with Crippen LogP contribution >= 0.6 is 0 Å². The van der Waals surface area contributed by atoms with Crippen molar-refractivity contribution in [3.8, 4) is 0 Å². The Hall–Kier alpha value is -1.86. The van der Waals surface area contributed by atoms with Gasteiger partial charge in [-0.3, -0.25) is 9.59 Å². The van der Waals surface area contributed by atoms with Gasteiger partial charge in [-0.1, -0.05) is 13.8 Å². The van der Waals surface area contributed by atoms with Crippen LogP contribution in [0.15, 0.2) is 23.0 Å². The number of rotatable bonds is 3. The third-order valence-electron chi connectivity index (χ3n) is 9.02. The van der Waals surface area contributed by atoms with E-state index in [9.17, 15) is 9.59 Å². The normalized spacial score (nSPS) is 48.0. The Labute approximate surface area is 182 Å². The Kier molecular flexibility index (Phi) is 4.62. The fourth-order valence-corrected chi connectivity index (χ4v) is 7.29. The molecule has 1 aromatic rings. The number of hydrogen-bond acceptors (Lipinski definition) is 7. The zero-order valence-corrected chi connectivity index (χ0v) is 18.9. The zero-order chi connectivity index (χ0) is 22.2. The number of esters is 2. The van der Waals surface area contributed by atoms with Crippen molar-refractivity contribution < 1.29 is 33.0 Å². The molecule has 7 nitrogen and oxygen atoms in total. The first-order chi connectivity index (χ1) is 14.6. The van der Waals surface area contributed by atoms with Gasteiger partial charge in [0.05, 0.1) is 30.3 Å². The molecule has 0 radical (unpaired) electrons. The Balaban J connectivity index is 1.62. The van der Waals surface area contributed by atoms with Crippen LogP contribution in [0.1, 0.15) is 72.0 Å². The quantitative estimate of drug-likeness (QED) is 0.523. The molecule has 3 heterocycles. The second-order valence-electron chi connectivity index (χ2n) is 10.3. The molecule has 2 aliphatic heterocycles. The lowest BCUT2D eigenvalue weighted by Gasteiger charge is -2.61. The third kappa shape index (κ3) is 2.85. The fourth-order valence-electron chi connectivity index (χ4n) is 7.29. The predicted molar refractivity (Wildman–Crippen MR) is 109 cm³/mol. The molecule has 170 valence electrons. The van der Waals surface area contributed by atoms with Gasteiger partial charge in [0, 0.05) is 36.2 Å². The van der Waals surface area contributed by atoms with Crippen molar-refractivity contribution in [2.24, 2.45) is 22.7 Å². The van der Waals surface area contributed by atoms with E-state index in [4.69, 9.17) is 23.4 Å². The van der Waals surface area contributed by atoms with Gasteiger partial charge in [0.2, 0.25) is 6.29 Å². The molecule has 9 atom stereocenters. The standard InChI is InChI=1S/C24H32O7/c1-13-17(28-14(2)25)10-22(4)19(6-7-20-23(22,5)31-20)24(13)11-18(16-8-9-27-12-16)30-21(24)29-15(3)26/h8-9,12-13,17-21H,6-7,10-11H2,1-5H3/t13-,17-,18-,19+,20-,21+,22-,23-,24+/m1/s1. The van der Waals surface area contributed by atoms with Crippen LogP contribution in [0.4, 0.5) is 0 Å². The van der Waals surface area contributed by atoms with Crippen molar-refractivity contribution in [1.82, 2.24) is 0 Å². The number of carbonyl (C=O) groups is 2. The molecule has 31 heavy (non-hydrogen) atoms. The number of ether oxygens (including phenoxy) is 4. The van der Waals surface area contributed by atoms with Crippen molar-refractivity contribution in [3.63, 3.8) is 0 Å². The summed E-state index contributed by atoms with van der Waals surface area (Å²) >= 11 is 0. The molecule has 0 N–H and O–H groups in total. The van der Waals surface area contributed by atoms with Gasteiger partial charge in [-0.25, -0.2) is 0 Å². The summed E-state index contributed by atoms with van der Waals surface area (Å²) in [6, 6.07) is 1.90. The number of furan rings is 1. The van der Waals surface area contributed by atoms with Gasteiger partial charge in [-0.2, -0.15) is 0 Å². The molecular formula is C24H32O7. The van der Waals surface area contributed by atoms with E-state index in [0.717, 1.165) is 24.8 Å².